The number of benzene rings is 1. The van der Waals surface area contributed by atoms with Crippen LogP contribution in [-0.4, -0.2) is 41.5 Å². The summed E-state index contributed by atoms with van der Waals surface area (Å²) in [6, 6.07) is 3.98. The molecule has 0 atom stereocenters. The molecule has 2 heterocycles. The highest BCUT2D eigenvalue weighted by Gasteiger charge is 2.14. The van der Waals surface area contributed by atoms with E-state index in [9.17, 15) is 0 Å². The van der Waals surface area contributed by atoms with Gasteiger partial charge in [-0.15, -0.1) is 5.10 Å². The lowest BCUT2D eigenvalue weighted by atomic mass is 10.1. The molecule has 1 aromatic carbocycles. The fourth-order valence-corrected chi connectivity index (χ4v) is 2.85. The number of nitrogens with one attached hydrogen (secondary N) is 1. The predicted molar refractivity (Wildman–Crippen MR) is 87.1 cm³/mol. The molecule has 0 amide bonds. The number of aromatic nitrogens is 3. The number of hydrogen-bond acceptors (Lipinski definition) is 6. The van der Waals surface area contributed by atoms with E-state index in [1.807, 2.05) is 19.9 Å². The Balaban J connectivity index is 1.84. The summed E-state index contributed by atoms with van der Waals surface area (Å²) in [5.41, 5.74) is 2.98. The number of morpholine rings is 1. The Morgan fingerprint density at radius 2 is 2.00 bits per heavy atom. The van der Waals surface area contributed by atoms with Crippen LogP contribution >= 0.6 is 11.6 Å². The van der Waals surface area contributed by atoms with Crippen molar-refractivity contribution in [3.05, 3.63) is 34.5 Å². The van der Waals surface area contributed by atoms with Crippen LogP contribution in [0.15, 0.2) is 18.3 Å². The standard InChI is InChI=1S/C15H18ClN5O/c1-10-7-11(2)14(12(16)8-10)19-15-18-13(9-17-20-15)21-3-5-22-6-4-21/h7-9H,3-6H2,1-2H3,(H,18,19,20). The molecule has 1 fully saturated rings. The molecule has 0 bridgehead atoms. The Labute approximate surface area is 134 Å². The first-order chi connectivity index (χ1) is 10.6. The zero-order chi connectivity index (χ0) is 15.5. The smallest absolute Gasteiger partial charge is 0.249 e. The molecule has 0 saturated carbocycles. The highest BCUT2D eigenvalue weighted by atomic mass is 35.5. The Hall–Kier alpha value is -1.92. The highest BCUT2D eigenvalue weighted by Crippen LogP contribution is 2.29. The van der Waals surface area contributed by atoms with Crippen molar-refractivity contribution in [2.24, 2.45) is 0 Å². The van der Waals surface area contributed by atoms with Gasteiger partial charge in [0.1, 0.15) is 0 Å². The second-order valence-electron chi connectivity index (χ2n) is 5.30. The lowest BCUT2D eigenvalue weighted by molar-refractivity contribution is 0.122. The molecule has 3 rings (SSSR count). The maximum absolute atomic E-state index is 6.31. The van der Waals surface area contributed by atoms with E-state index in [4.69, 9.17) is 16.3 Å². The van der Waals surface area contributed by atoms with Gasteiger partial charge in [-0.25, -0.2) is 0 Å². The highest BCUT2D eigenvalue weighted by molar-refractivity contribution is 6.33. The molecular weight excluding hydrogens is 302 g/mol. The van der Waals surface area contributed by atoms with Crippen LogP contribution in [0.2, 0.25) is 5.02 Å². The molecule has 0 aliphatic carbocycles. The molecule has 0 unspecified atom stereocenters. The number of aryl methyl sites for hydroxylation is 2. The van der Waals surface area contributed by atoms with Crippen LogP contribution in [0.4, 0.5) is 17.5 Å². The molecule has 1 aliphatic heterocycles. The number of hydrogen-bond donors (Lipinski definition) is 1. The van der Waals surface area contributed by atoms with Gasteiger partial charge >= 0.3 is 0 Å². The van der Waals surface area contributed by atoms with Crippen molar-refractivity contribution >= 4 is 29.1 Å². The van der Waals surface area contributed by atoms with Crippen LogP contribution in [0.3, 0.4) is 0 Å². The van der Waals surface area contributed by atoms with E-state index in [0.29, 0.717) is 24.2 Å². The summed E-state index contributed by atoms with van der Waals surface area (Å²) in [5.74, 6) is 1.24. The van der Waals surface area contributed by atoms with E-state index >= 15 is 0 Å². The molecule has 0 radical (unpaired) electrons. The molecule has 116 valence electrons. The number of ether oxygens (including phenoxy) is 1. The molecule has 7 heteroatoms. The van der Waals surface area contributed by atoms with Gasteiger partial charge in [0.15, 0.2) is 5.82 Å². The first-order valence-corrected chi connectivity index (χ1v) is 7.57. The van der Waals surface area contributed by atoms with Crippen molar-refractivity contribution in [2.45, 2.75) is 13.8 Å². The maximum Gasteiger partial charge on any atom is 0.249 e. The molecule has 1 aliphatic rings. The molecule has 0 spiro atoms. The van der Waals surface area contributed by atoms with Gasteiger partial charge in [-0.2, -0.15) is 10.1 Å². The zero-order valence-electron chi connectivity index (χ0n) is 12.6. The van der Waals surface area contributed by atoms with Crippen LogP contribution in [0.25, 0.3) is 0 Å². The van der Waals surface area contributed by atoms with E-state index in [1.165, 1.54) is 0 Å². The van der Waals surface area contributed by atoms with Gasteiger partial charge in [0.05, 0.1) is 30.1 Å². The van der Waals surface area contributed by atoms with E-state index in [1.54, 1.807) is 6.20 Å². The van der Waals surface area contributed by atoms with Gasteiger partial charge < -0.3 is 15.0 Å². The van der Waals surface area contributed by atoms with Crippen molar-refractivity contribution in [1.29, 1.82) is 0 Å². The van der Waals surface area contributed by atoms with Gasteiger partial charge in [-0.05, 0) is 31.0 Å². The summed E-state index contributed by atoms with van der Waals surface area (Å²) in [6.07, 6.45) is 1.67. The topological polar surface area (TPSA) is 63.2 Å². The van der Waals surface area contributed by atoms with Crippen molar-refractivity contribution in [1.82, 2.24) is 15.2 Å². The van der Waals surface area contributed by atoms with Crippen molar-refractivity contribution in [3.63, 3.8) is 0 Å². The summed E-state index contributed by atoms with van der Waals surface area (Å²) in [4.78, 5) is 6.66. The fourth-order valence-electron chi connectivity index (χ4n) is 2.48. The lowest BCUT2D eigenvalue weighted by Gasteiger charge is -2.27. The Morgan fingerprint density at radius 3 is 2.73 bits per heavy atom. The summed E-state index contributed by atoms with van der Waals surface area (Å²) >= 11 is 6.31. The predicted octanol–water partition coefficient (Wildman–Crippen LogP) is 2.72. The summed E-state index contributed by atoms with van der Waals surface area (Å²) in [7, 11) is 0. The number of halogens is 1. The minimum atomic E-state index is 0.442. The summed E-state index contributed by atoms with van der Waals surface area (Å²) in [5, 5.41) is 11.9. The summed E-state index contributed by atoms with van der Waals surface area (Å²) in [6.45, 7) is 7.04. The monoisotopic (exact) mass is 319 g/mol. The largest absolute Gasteiger partial charge is 0.378 e. The molecule has 6 nitrogen and oxygen atoms in total. The van der Waals surface area contributed by atoms with Crippen LogP contribution in [-0.2, 0) is 4.74 Å². The van der Waals surface area contributed by atoms with Gasteiger partial charge in [0.2, 0.25) is 5.95 Å². The van der Waals surface area contributed by atoms with Crippen molar-refractivity contribution in [2.75, 3.05) is 36.5 Å². The third-order valence-corrected chi connectivity index (χ3v) is 3.85. The molecule has 1 aromatic heterocycles. The third-order valence-electron chi connectivity index (χ3n) is 3.55. The molecule has 2 aromatic rings. The second kappa shape index (κ2) is 6.46. The Morgan fingerprint density at radius 1 is 1.23 bits per heavy atom. The minimum absolute atomic E-state index is 0.442. The van der Waals surface area contributed by atoms with E-state index in [0.717, 1.165) is 35.7 Å². The fraction of sp³-hybridized carbons (Fsp3) is 0.400. The Kier molecular flexibility index (Phi) is 4.40. The number of rotatable bonds is 3. The van der Waals surface area contributed by atoms with E-state index < -0.39 is 0 Å². The van der Waals surface area contributed by atoms with Crippen LogP contribution in [0, 0.1) is 13.8 Å². The number of anilines is 3. The first kappa shape index (κ1) is 15.0. The Bertz CT molecular complexity index is 650. The van der Waals surface area contributed by atoms with Crippen molar-refractivity contribution < 1.29 is 4.74 Å². The van der Waals surface area contributed by atoms with Gasteiger partial charge in [0, 0.05) is 13.1 Å². The molecule has 1 saturated heterocycles. The SMILES string of the molecule is Cc1cc(C)c(Nc2nncc(N3CCOCC3)n2)c(Cl)c1. The third kappa shape index (κ3) is 3.28. The van der Waals surface area contributed by atoms with Gasteiger partial charge in [-0.3, -0.25) is 0 Å². The summed E-state index contributed by atoms with van der Waals surface area (Å²) < 4.78 is 5.35. The average molecular weight is 320 g/mol. The average Bonchev–Trinajstić information content (AvgIpc) is 2.52. The molecular formula is C15H18ClN5O. The van der Waals surface area contributed by atoms with Crippen LogP contribution < -0.4 is 10.2 Å². The second-order valence-corrected chi connectivity index (χ2v) is 5.71. The van der Waals surface area contributed by atoms with E-state index in [2.05, 4.69) is 31.5 Å². The quantitative estimate of drug-likeness (QED) is 0.938. The minimum Gasteiger partial charge on any atom is -0.378 e. The van der Waals surface area contributed by atoms with Gasteiger partial charge in [-0.1, -0.05) is 17.7 Å². The van der Waals surface area contributed by atoms with Gasteiger partial charge in [0.25, 0.3) is 0 Å². The van der Waals surface area contributed by atoms with E-state index in [-0.39, 0.29) is 0 Å². The number of nitrogens with zero attached hydrogens (tertiary/aromatic N) is 4. The lowest BCUT2D eigenvalue weighted by Crippen LogP contribution is -2.37. The van der Waals surface area contributed by atoms with Crippen LogP contribution in [0.5, 0.6) is 0 Å². The normalized spacial score (nSPS) is 15.0. The molecule has 22 heavy (non-hydrogen) atoms. The van der Waals surface area contributed by atoms with Crippen molar-refractivity contribution in [3.8, 4) is 0 Å². The first-order valence-electron chi connectivity index (χ1n) is 7.19. The van der Waals surface area contributed by atoms with Crippen LogP contribution in [0.1, 0.15) is 11.1 Å². The zero-order valence-corrected chi connectivity index (χ0v) is 13.4. The molecule has 1 N–H and O–H groups in total. The maximum atomic E-state index is 6.31.